The maximum absolute atomic E-state index is 12.7. The molecule has 1 aliphatic rings. The van der Waals surface area contributed by atoms with E-state index in [1.807, 2.05) is 19.9 Å². The van der Waals surface area contributed by atoms with Crippen molar-refractivity contribution in [2.75, 3.05) is 5.32 Å². The number of amides is 2. The number of benzene rings is 1. The molecule has 0 bridgehead atoms. The van der Waals surface area contributed by atoms with Crippen molar-refractivity contribution in [1.29, 1.82) is 0 Å². The van der Waals surface area contributed by atoms with Gasteiger partial charge in [0.2, 0.25) is 0 Å². The third kappa shape index (κ3) is 4.45. The highest BCUT2D eigenvalue weighted by molar-refractivity contribution is 6.33. The number of phenolic OH excluding ortho intramolecular Hbond substituents is 1. The Kier molecular flexibility index (Phi) is 6.14. The molecule has 32 heavy (non-hydrogen) atoms. The van der Waals surface area contributed by atoms with Crippen LogP contribution >= 0.6 is 11.6 Å². The third-order valence-corrected chi connectivity index (χ3v) is 5.70. The first kappa shape index (κ1) is 21.8. The van der Waals surface area contributed by atoms with Crippen LogP contribution in [0.1, 0.15) is 55.1 Å². The molecule has 2 amide bonds. The molecule has 8 nitrogen and oxygen atoms in total. The molecule has 3 N–H and O–H groups in total. The Hall–Kier alpha value is -3.39. The number of phenols is 1. The average molecular weight is 454 g/mol. The number of pyridine rings is 1. The smallest absolute Gasteiger partial charge is 0.342 e. The first-order valence-corrected chi connectivity index (χ1v) is 10.9. The van der Waals surface area contributed by atoms with Crippen LogP contribution in [0.4, 0.5) is 10.5 Å². The summed E-state index contributed by atoms with van der Waals surface area (Å²) in [5, 5.41) is 20.8. The van der Waals surface area contributed by atoms with E-state index in [-0.39, 0.29) is 34.5 Å². The van der Waals surface area contributed by atoms with E-state index in [2.05, 4.69) is 20.7 Å². The van der Waals surface area contributed by atoms with Crippen LogP contribution in [-0.2, 0) is 0 Å². The lowest BCUT2D eigenvalue weighted by atomic mass is 9.82. The zero-order valence-corrected chi connectivity index (χ0v) is 18.6. The molecule has 166 valence electrons. The highest BCUT2D eigenvalue weighted by Crippen LogP contribution is 2.39. The van der Waals surface area contributed by atoms with Gasteiger partial charge in [0.25, 0.3) is 5.91 Å². The van der Waals surface area contributed by atoms with Crippen molar-refractivity contribution in [1.82, 2.24) is 20.1 Å². The van der Waals surface area contributed by atoms with E-state index in [4.69, 9.17) is 11.6 Å². The van der Waals surface area contributed by atoms with E-state index in [9.17, 15) is 14.7 Å². The van der Waals surface area contributed by atoms with E-state index in [0.717, 1.165) is 25.0 Å². The Balaban J connectivity index is 1.60. The normalized spacial score (nSPS) is 13.6. The summed E-state index contributed by atoms with van der Waals surface area (Å²) in [6.45, 7) is 3.78. The number of aromatic hydroxyl groups is 1. The molecule has 9 heteroatoms. The largest absolute Gasteiger partial charge is 0.507 e. The van der Waals surface area contributed by atoms with Gasteiger partial charge in [-0.3, -0.25) is 4.79 Å². The minimum Gasteiger partial charge on any atom is -0.507 e. The van der Waals surface area contributed by atoms with Crippen LogP contribution in [0.5, 0.6) is 5.75 Å². The monoisotopic (exact) mass is 453 g/mol. The summed E-state index contributed by atoms with van der Waals surface area (Å²) in [7, 11) is 0. The fourth-order valence-corrected chi connectivity index (χ4v) is 3.78. The van der Waals surface area contributed by atoms with Gasteiger partial charge in [-0.05, 0) is 57.0 Å². The summed E-state index contributed by atoms with van der Waals surface area (Å²) in [4.78, 5) is 29.0. The summed E-state index contributed by atoms with van der Waals surface area (Å²) in [6.07, 6.45) is 4.64. The van der Waals surface area contributed by atoms with E-state index in [1.54, 1.807) is 24.3 Å². The molecule has 1 saturated carbocycles. The minimum absolute atomic E-state index is 0.0194. The van der Waals surface area contributed by atoms with Gasteiger partial charge in [0, 0.05) is 35.5 Å². The van der Waals surface area contributed by atoms with E-state index in [0.29, 0.717) is 16.9 Å². The first-order valence-electron chi connectivity index (χ1n) is 10.5. The standard InChI is InChI=1S/C23H24ClN5O3/c1-13(2)26-23(32)29-19(14-5-3-6-14)12-18(28-29)16-9-8-15(11-20(16)30)27-22(31)17-7-4-10-25-21(17)24/h4,7-14,30H,3,5-6H2,1-2H3,(H,26,32)(H,27,31). The summed E-state index contributed by atoms with van der Waals surface area (Å²) >= 11 is 5.97. The molecular formula is C23H24ClN5O3. The van der Waals surface area contributed by atoms with Crippen LogP contribution in [-0.4, -0.2) is 37.9 Å². The fraction of sp³-hybridized carbons (Fsp3) is 0.304. The summed E-state index contributed by atoms with van der Waals surface area (Å²) < 4.78 is 1.40. The maximum atomic E-state index is 12.7. The van der Waals surface area contributed by atoms with Gasteiger partial charge in [0.1, 0.15) is 10.9 Å². The van der Waals surface area contributed by atoms with Crippen molar-refractivity contribution in [2.45, 2.75) is 45.1 Å². The van der Waals surface area contributed by atoms with Gasteiger partial charge in [0.05, 0.1) is 17.0 Å². The van der Waals surface area contributed by atoms with E-state index >= 15 is 0 Å². The minimum atomic E-state index is -0.433. The van der Waals surface area contributed by atoms with E-state index < -0.39 is 5.91 Å². The number of hydrogen-bond donors (Lipinski definition) is 3. The topological polar surface area (TPSA) is 109 Å². The molecule has 0 spiro atoms. The van der Waals surface area contributed by atoms with Crippen LogP contribution in [0.3, 0.4) is 0 Å². The molecule has 1 fully saturated rings. The Morgan fingerprint density at radius 3 is 2.62 bits per heavy atom. The molecule has 1 aromatic carbocycles. The van der Waals surface area contributed by atoms with Gasteiger partial charge in [0.15, 0.2) is 0 Å². The Labute approximate surface area is 190 Å². The number of nitrogens with zero attached hydrogens (tertiary/aromatic N) is 3. The van der Waals surface area contributed by atoms with Gasteiger partial charge in [-0.25, -0.2) is 9.78 Å². The number of aromatic nitrogens is 3. The number of nitrogens with one attached hydrogen (secondary N) is 2. The molecular weight excluding hydrogens is 430 g/mol. The molecule has 0 unspecified atom stereocenters. The Morgan fingerprint density at radius 1 is 1.22 bits per heavy atom. The van der Waals surface area contributed by atoms with Crippen molar-refractivity contribution in [2.24, 2.45) is 0 Å². The van der Waals surface area contributed by atoms with Gasteiger partial charge in [-0.15, -0.1) is 0 Å². The second-order valence-corrected chi connectivity index (χ2v) is 8.48. The van der Waals surface area contributed by atoms with Crippen LogP contribution in [0.2, 0.25) is 5.15 Å². The molecule has 0 saturated heterocycles. The molecule has 0 radical (unpaired) electrons. The van der Waals surface area contributed by atoms with Crippen LogP contribution in [0, 0.1) is 0 Å². The second kappa shape index (κ2) is 9.00. The van der Waals surface area contributed by atoms with Gasteiger partial charge in [-0.2, -0.15) is 9.78 Å². The summed E-state index contributed by atoms with van der Waals surface area (Å²) in [5.41, 5.74) is 2.44. The number of carbonyl (C=O) groups is 2. The molecule has 3 aromatic rings. The zero-order chi connectivity index (χ0) is 22.8. The van der Waals surface area contributed by atoms with Crippen molar-refractivity contribution in [3.05, 3.63) is 59.0 Å². The van der Waals surface area contributed by atoms with Gasteiger partial charge < -0.3 is 15.7 Å². The van der Waals surface area contributed by atoms with Crippen molar-refractivity contribution >= 4 is 29.2 Å². The highest BCUT2D eigenvalue weighted by Gasteiger charge is 2.27. The molecule has 4 rings (SSSR count). The predicted molar refractivity (Wildman–Crippen MR) is 122 cm³/mol. The van der Waals surface area contributed by atoms with Crippen molar-refractivity contribution < 1.29 is 14.7 Å². The highest BCUT2D eigenvalue weighted by atomic mass is 35.5. The summed E-state index contributed by atoms with van der Waals surface area (Å²) in [6, 6.07) is 9.49. The first-order chi connectivity index (χ1) is 15.3. The van der Waals surface area contributed by atoms with E-state index in [1.165, 1.54) is 16.9 Å². The maximum Gasteiger partial charge on any atom is 0.342 e. The van der Waals surface area contributed by atoms with Crippen LogP contribution in [0.15, 0.2) is 42.6 Å². The molecule has 1 aliphatic carbocycles. The third-order valence-electron chi connectivity index (χ3n) is 5.40. The van der Waals surface area contributed by atoms with Gasteiger partial charge >= 0.3 is 6.03 Å². The van der Waals surface area contributed by atoms with Gasteiger partial charge in [-0.1, -0.05) is 18.0 Å². The molecule has 0 aliphatic heterocycles. The fourth-order valence-electron chi connectivity index (χ4n) is 3.57. The molecule has 2 aromatic heterocycles. The number of carbonyl (C=O) groups excluding carboxylic acids is 2. The van der Waals surface area contributed by atoms with Crippen molar-refractivity contribution in [3.63, 3.8) is 0 Å². The quantitative estimate of drug-likeness (QED) is 0.481. The predicted octanol–water partition coefficient (Wildman–Crippen LogP) is 4.79. The Bertz CT molecular complexity index is 1170. The average Bonchev–Trinajstić information content (AvgIpc) is 3.11. The lowest BCUT2D eigenvalue weighted by Gasteiger charge is -2.25. The number of rotatable bonds is 5. The van der Waals surface area contributed by atoms with Crippen molar-refractivity contribution in [3.8, 4) is 17.0 Å². The number of hydrogen-bond acceptors (Lipinski definition) is 5. The number of halogens is 1. The van der Waals surface area contributed by atoms with Crippen LogP contribution in [0.25, 0.3) is 11.3 Å². The SMILES string of the molecule is CC(C)NC(=O)n1nc(-c2ccc(NC(=O)c3cccnc3Cl)cc2O)cc1C1CCC1. The Morgan fingerprint density at radius 2 is 2.00 bits per heavy atom. The summed E-state index contributed by atoms with van der Waals surface area (Å²) in [5.74, 6) is -0.217. The lowest BCUT2D eigenvalue weighted by Crippen LogP contribution is -2.36. The second-order valence-electron chi connectivity index (χ2n) is 8.13. The molecule has 2 heterocycles. The zero-order valence-electron chi connectivity index (χ0n) is 17.8. The number of anilines is 1. The lowest BCUT2D eigenvalue weighted by molar-refractivity contribution is 0.102. The van der Waals surface area contributed by atoms with Crippen LogP contribution < -0.4 is 10.6 Å². The molecule has 0 atom stereocenters.